The van der Waals surface area contributed by atoms with Crippen molar-refractivity contribution in [2.24, 2.45) is 5.73 Å². The van der Waals surface area contributed by atoms with Gasteiger partial charge in [0.15, 0.2) is 0 Å². The molecular weight excluding hydrogens is 198 g/mol. The molecule has 84 valence electrons. The smallest absolute Gasteiger partial charge is 0.229 e. The highest BCUT2D eigenvalue weighted by atomic mass is 32.2. The number of hydrogen-bond donors (Lipinski definition) is 2. The Labute approximate surface area is 90.6 Å². The Balaban J connectivity index is 3.18. The molecule has 0 atom stereocenters. The average molecular weight is 219 g/mol. The van der Waals surface area contributed by atoms with Gasteiger partial charge in [0.25, 0.3) is 0 Å². The first-order valence-electron chi connectivity index (χ1n) is 4.86. The van der Waals surface area contributed by atoms with Crippen LogP contribution in [0.2, 0.25) is 0 Å². The van der Waals surface area contributed by atoms with Gasteiger partial charge >= 0.3 is 0 Å². The average Bonchev–Trinajstić information content (AvgIpc) is 2.13. The summed E-state index contributed by atoms with van der Waals surface area (Å²) in [6.45, 7) is 2.41. The largest absolute Gasteiger partial charge is 0.355 e. The van der Waals surface area contributed by atoms with Gasteiger partial charge in [-0.1, -0.05) is 0 Å². The van der Waals surface area contributed by atoms with Crippen LogP contribution in [0.25, 0.3) is 0 Å². The first-order chi connectivity index (χ1) is 6.66. The van der Waals surface area contributed by atoms with Crippen molar-refractivity contribution < 1.29 is 4.79 Å². The second-order valence-electron chi connectivity index (χ2n) is 3.35. The molecule has 0 spiro atoms. The first kappa shape index (κ1) is 13.7. The summed E-state index contributed by atoms with van der Waals surface area (Å²) in [4.78, 5) is 13.3. The second kappa shape index (κ2) is 9.30. The topological polar surface area (TPSA) is 58.4 Å². The Morgan fingerprint density at radius 2 is 2.21 bits per heavy atom. The van der Waals surface area contributed by atoms with Crippen molar-refractivity contribution in [1.82, 2.24) is 10.2 Å². The lowest BCUT2D eigenvalue weighted by molar-refractivity contribution is -0.118. The summed E-state index contributed by atoms with van der Waals surface area (Å²) in [5.41, 5.74) is 5.31. The van der Waals surface area contributed by atoms with Crippen molar-refractivity contribution in [1.29, 1.82) is 0 Å². The van der Waals surface area contributed by atoms with E-state index in [4.69, 9.17) is 5.73 Å². The molecular formula is C9H21N3OS. The van der Waals surface area contributed by atoms with Crippen molar-refractivity contribution in [2.75, 3.05) is 45.2 Å². The van der Waals surface area contributed by atoms with Gasteiger partial charge in [0.05, 0.1) is 5.75 Å². The Kier molecular flexibility index (Phi) is 9.13. The first-order valence-corrected chi connectivity index (χ1v) is 6.01. The summed E-state index contributed by atoms with van der Waals surface area (Å²) in [5, 5.41) is 2.87. The SMILES string of the molecule is CN(C)CCCNC(=O)CSCCN. The molecule has 0 aromatic rings. The zero-order chi connectivity index (χ0) is 10.8. The third-order valence-electron chi connectivity index (χ3n) is 1.60. The molecule has 0 rings (SSSR count). The van der Waals surface area contributed by atoms with Crippen molar-refractivity contribution in [3.8, 4) is 0 Å². The zero-order valence-corrected chi connectivity index (χ0v) is 9.90. The molecule has 1 amide bonds. The quantitative estimate of drug-likeness (QED) is 0.553. The molecule has 0 heterocycles. The molecule has 0 aromatic heterocycles. The highest BCUT2D eigenvalue weighted by molar-refractivity contribution is 7.99. The van der Waals surface area contributed by atoms with Gasteiger partial charge in [-0.05, 0) is 27.1 Å². The van der Waals surface area contributed by atoms with Gasteiger partial charge in [0, 0.05) is 18.8 Å². The number of nitrogens with one attached hydrogen (secondary N) is 1. The van der Waals surface area contributed by atoms with Crippen molar-refractivity contribution in [2.45, 2.75) is 6.42 Å². The minimum Gasteiger partial charge on any atom is -0.355 e. The van der Waals surface area contributed by atoms with Crippen LogP contribution in [-0.2, 0) is 4.79 Å². The summed E-state index contributed by atoms with van der Waals surface area (Å²) in [6.07, 6.45) is 1.00. The van der Waals surface area contributed by atoms with Gasteiger partial charge in [-0.25, -0.2) is 0 Å². The summed E-state index contributed by atoms with van der Waals surface area (Å²) in [5.74, 6) is 1.49. The van der Waals surface area contributed by atoms with Crippen molar-refractivity contribution >= 4 is 17.7 Å². The fourth-order valence-corrected chi connectivity index (χ4v) is 1.52. The van der Waals surface area contributed by atoms with E-state index in [0.29, 0.717) is 12.3 Å². The minimum atomic E-state index is 0.113. The fraction of sp³-hybridized carbons (Fsp3) is 0.889. The van der Waals surface area contributed by atoms with Crippen LogP contribution in [0, 0.1) is 0 Å². The van der Waals surface area contributed by atoms with E-state index in [1.807, 2.05) is 14.1 Å². The van der Waals surface area contributed by atoms with E-state index >= 15 is 0 Å². The number of carbonyl (C=O) groups is 1. The van der Waals surface area contributed by atoms with Gasteiger partial charge in [-0.15, -0.1) is 0 Å². The maximum atomic E-state index is 11.2. The maximum Gasteiger partial charge on any atom is 0.229 e. The van der Waals surface area contributed by atoms with Crippen LogP contribution >= 0.6 is 11.8 Å². The van der Waals surface area contributed by atoms with E-state index in [9.17, 15) is 4.79 Å². The number of thioether (sulfide) groups is 1. The molecule has 0 aliphatic rings. The molecule has 0 radical (unpaired) electrons. The van der Waals surface area contributed by atoms with E-state index in [0.717, 1.165) is 25.3 Å². The number of nitrogens with zero attached hydrogens (tertiary/aromatic N) is 1. The molecule has 0 saturated carbocycles. The van der Waals surface area contributed by atoms with Crippen LogP contribution in [0.5, 0.6) is 0 Å². The van der Waals surface area contributed by atoms with Gasteiger partial charge in [0.2, 0.25) is 5.91 Å². The lowest BCUT2D eigenvalue weighted by Gasteiger charge is -2.09. The second-order valence-corrected chi connectivity index (χ2v) is 4.45. The molecule has 0 unspecified atom stereocenters. The summed E-state index contributed by atoms with van der Waals surface area (Å²) in [7, 11) is 4.05. The lowest BCUT2D eigenvalue weighted by Crippen LogP contribution is -2.28. The lowest BCUT2D eigenvalue weighted by atomic mass is 10.4. The molecule has 3 N–H and O–H groups in total. The monoisotopic (exact) mass is 219 g/mol. The highest BCUT2D eigenvalue weighted by Gasteiger charge is 1.99. The summed E-state index contributed by atoms with van der Waals surface area (Å²) in [6, 6.07) is 0. The third kappa shape index (κ3) is 9.83. The van der Waals surface area contributed by atoms with Crippen molar-refractivity contribution in [3.63, 3.8) is 0 Å². The van der Waals surface area contributed by atoms with E-state index in [1.165, 1.54) is 0 Å². The molecule has 14 heavy (non-hydrogen) atoms. The molecule has 5 heteroatoms. The van der Waals surface area contributed by atoms with Crippen molar-refractivity contribution in [3.05, 3.63) is 0 Å². The van der Waals surface area contributed by atoms with E-state index in [2.05, 4.69) is 10.2 Å². The molecule has 0 aliphatic heterocycles. The maximum absolute atomic E-state index is 11.2. The zero-order valence-electron chi connectivity index (χ0n) is 9.08. The van der Waals surface area contributed by atoms with Gasteiger partial charge in [-0.3, -0.25) is 4.79 Å². The van der Waals surface area contributed by atoms with Gasteiger partial charge in [-0.2, -0.15) is 11.8 Å². The fourth-order valence-electron chi connectivity index (χ4n) is 0.922. The number of carbonyl (C=O) groups excluding carboxylic acids is 1. The van der Waals surface area contributed by atoms with Crippen LogP contribution in [0.1, 0.15) is 6.42 Å². The predicted molar refractivity (Wildman–Crippen MR) is 62.6 cm³/mol. The molecule has 0 aliphatic carbocycles. The van der Waals surface area contributed by atoms with E-state index < -0.39 is 0 Å². The van der Waals surface area contributed by atoms with Crippen LogP contribution in [0.4, 0.5) is 0 Å². The van der Waals surface area contributed by atoms with Crippen LogP contribution in [0.3, 0.4) is 0 Å². The third-order valence-corrected chi connectivity index (χ3v) is 2.59. The predicted octanol–water partition coefficient (Wildman–Crippen LogP) is -0.254. The number of nitrogens with two attached hydrogens (primary N) is 1. The molecule has 0 fully saturated rings. The Bertz CT molecular complexity index is 153. The standard InChI is InChI=1S/C9H21N3OS/c1-12(2)6-3-5-11-9(13)8-14-7-4-10/h3-8,10H2,1-2H3,(H,11,13). The molecule has 0 bridgehead atoms. The Hall–Kier alpha value is -0.260. The van der Waals surface area contributed by atoms with Gasteiger partial charge < -0.3 is 16.0 Å². The molecule has 0 aromatic carbocycles. The van der Waals surface area contributed by atoms with Crippen LogP contribution in [0.15, 0.2) is 0 Å². The normalized spacial score (nSPS) is 10.6. The van der Waals surface area contributed by atoms with Gasteiger partial charge in [0.1, 0.15) is 0 Å². The minimum absolute atomic E-state index is 0.113. The number of hydrogen-bond acceptors (Lipinski definition) is 4. The summed E-state index contributed by atoms with van der Waals surface area (Å²) >= 11 is 1.58. The van der Waals surface area contributed by atoms with E-state index in [-0.39, 0.29) is 5.91 Å². The Morgan fingerprint density at radius 1 is 1.50 bits per heavy atom. The Morgan fingerprint density at radius 3 is 2.79 bits per heavy atom. The molecule has 0 saturated heterocycles. The van der Waals surface area contributed by atoms with Crippen LogP contribution in [-0.4, -0.2) is 56.0 Å². The number of rotatable bonds is 8. The highest BCUT2D eigenvalue weighted by Crippen LogP contribution is 1.96. The van der Waals surface area contributed by atoms with E-state index in [1.54, 1.807) is 11.8 Å². The summed E-state index contributed by atoms with van der Waals surface area (Å²) < 4.78 is 0. The van der Waals surface area contributed by atoms with Crippen LogP contribution < -0.4 is 11.1 Å². The number of amides is 1. The molecule has 4 nitrogen and oxygen atoms in total.